The second kappa shape index (κ2) is 8.47. The molecule has 1 aromatic heterocycles. The summed E-state index contributed by atoms with van der Waals surface area (Å²) in [5.41, 5.74) is 2.22. The number of hydrogen-bond donors (Lipinski definition) is 1. The van der Waals surface area contributed by atoms with Crippen molar-refractivity contribution in [2.45, 2.75) is 71.5 Å². The molecule has 4 heteroatoms. The minimum Gasteiger partial charge on any atom is -0.375 e. The molecule has 1 saturated heterocycles. The Balaban J connectivity index is 1.75. The summed E-state index contributed by atoms with van der Waals surface area (Å²) in [7, 11) is 0. The van der Waals surface area contributed by atoms with Gasteiger partial charge in [0.2, 0.25) is 0 Å². The first kappa shape index (κ1) is 16.4. The molecule has 0 aliphatic carbocycles. The van der Waals surface area contributed by atoms with Crippen LogP contribution in [0.15, 0.2) is 18.3 Å². The van der Waals surface area contributed by atoms with Crippen molar-refractivity contribution >= 4 is 0 Å². The predicted molar refractivity (Wildman–Crippen MR) is 84.1 cm³/mol. The lowest BCUT2D eigenvalue weighted by Gasteiger charge is -2.31. The van der Waals surface area contributed by atoms with Gasteiger partial charge in [-0.3, -0.25) is 4.98 Å². The van der Waals surface area contributed by atoms with Gasteiger partial charge < -0.3 is 14.8 Å². The highest BCUT2D eigenvalue weighted by molar-refractivity contribution is 5.13. The average Bonchev–Trinajstić information content (AvgIpc) is 2.46. The SMILES string of the molecule is CCCNCc1ccc(COC2CC(C)OC(C)C2)nc1. The van der Waals surface area contributed by atoms with Gasteiger partial charge in [-0.25, -0.2) is 0 Å². The summed E-state index contributed by atoms with van der Waals surface area (Å²) in [6, 6.07) is 4.19. The first-order valence-corrected chi connectivity index (χ1v) is 8.09. The molecule has 2 heterocycles. The van der Waals surface area contributed by atoms with Crippen LogP contribution in [-0.4, -0.2) is 29.8 Å². The Hall–Kier alpha value is -0.970. The lowest BCUT2D eigenvalue weighted by molar-refractivity contribution is -0.106. The van der Waals surface area contributed by atoms with Crippen LogP contribution in [0.2, 0.25) is 0 Å². The van der Waals surface area contributed by atoms with Gasteiger partial charge >= 0.3 is 0 Å². The van der Waals surface area contributed by atoms with E-state index < -0.39 is 0 Å². The summed E-state index contributed by atoms with van der Waals surface area (Å²) >= 11 is 0. The monoisotopic (exact) mass is 292 g/mol. The number of rotatable bonds is 7. The summed E-state index contributed by atoms with van der Waals surface area (Å²) < 4.78 is 11.7. The van der Waals surface area contributed by atoms with E-state index in [0.29, 0.717) is 18.8 Å². The minimum atomic E-state index is 0.288. The molecule has 1 fully saturated rings. The van der Waals surface area contributed by atoms with E-state index in [-0.39, 0.29) is 6.10 Å². The highest BCUT2D eigenvalue weighted by Crippen LogP contribution is 2.22. The van der Waals surface area contributed by atoms with Gasteiger partial charge in [0.05, 0.1) is 30.6 Å². The molecule has 0 spiro atoms. The van der Waals surface area contributed by atoms with E-state index in [1.165, 1.54) is 5.56 Å². The maximum absolute atomic E-state index is 5.99. The average molecular weight is 292 g/mol. The van der Waals surface area contributed by atoms with E-state index in [2.05, 4.69) is 43.2 Å². The summed E-state index contributed by atoms with van der Waals surface area (Å²) in [5, 5.41) is 3.38. The second-order valence-corrected chi connectivity index (χ2v) is 6.00. The zero-order valence-corrected chi connectivity index (χ0v) is 13.5. The Morgan fingerprint density at radius 2 is 2.05 bits per heavy atom. The van der Waals surface area contributed by atoms with E-state index in [4.69, 9.17) is 9.47 Å². The molecule has 1 N–H and O–H groups in total. The van der Waals surface area contributed by atoms with E-state index >= 15 is 0 Å². The maximum Gasteiger partial charge on any atom is 0.0891 e. The fraction of sp³-hybridized carbons (Fsp3) is 0.706. The molecule has 4 nitrogen and oxygen atoms in total. The van der Waals surface area contributed by atoms with Crippen LogP contribution in [0, 0.1) is 0 Å². The third kappa shape index (κ3) is 5.73. The zero-order valence-electron chi connectivity index (χ0n) is 13.5. The van der Waals surface area contributed by atoms with Crippen LogP contribution in [0.5, 0.6) is 0 Å². The Kier molecular flexibility index (Phi) is 6.61. The molecule has 0 amide bonds. The molecule has 118 valence electrons. The first-order chi connectivity index (χ1) is 10.2. The standard InChI is InChI=1S/C17H28N2O2/c1-4-7-18-10-15-5-6-16(19-11-15)12-20-17-8-13(2)21-14(3)9-17/h5-6,11,13-14,17-18H,4,7-10,12H2,1-3H3. The molecule has 1 aliphatic rings. The fourth-order valence-corrected chi connectivity index (χ4v) is 2.74. The van der Waals surface area contributed by atoms with Crippen LogP contribution in [0.4, 0.5) is 0 Å². The van der Waals surface area contributed by atoms with Gasteiger partial charge in [-0.15, -0.1) is 0 Å². The summed E-state index contributed by atoms with van der Waals surface area (Å²) in [6.45, 7) is 8.92. The molecular weight excluding hydrogens is 264 g/mol. The van der Waals surface area contributed by atoms with E-state index in [0.717, 1.165) is 38.0 Å². The minimum absolute atomic E-state index is 0.288. The summed E-state index contributed by atoms with van der Waals surface area (Å²) in [6.07, 6.45) is 5.92. The van der Waals surface area contributed by atoms with Gasteiger partial charge in [0.25, 0.3) is 0 Å². The Bertz CT molecular complexity index is 398. The molecule has 2 rings (SSSR count). The van der Waals surface area contributed by atoms with Crippen molar-refractivity contribution in [1.82, 2.24) is 10.3 Å². The Morgan fingerprint density at radius 1 is 1.29 bits per heavy atom. The number of hydrogen-bond acceptors (Lipinski definition) is 4. The van der Waals surface area contributed by atoms with Crippen molar-refractivity contribution in [3.63, 3.8) is 0 Å². The summed E-state index contributed by atoms with van der Waals surface area (Å²) in [4.78, 5) is 4.48. The number of pyridine rings is 1. The van der Waals surface area contributed by atoms with Crippen molar-refractivity contribution in [3.05, 3.63) is 29.6 Å². The van der Waals surface area contributed by atoms with Gasteiger partial charge in [-0.2, -0.15) is 0 Å². The fourth-order valence-electron chi connectivity index (χ4n) is 2.74. The van der Waals surface area contributed by atoms with E-state index in [9.17, 15) is 0 Å². The van der Waals surface area contributed by atoms with Crippen molar-refractivity contribution in [3.8, 4) is 0 Å². The predicted octanol–water partition coefficient (Wildman–Crippen LogP) is 3.05. The van der Waals surface area contributed by atoms with Gasteiger partial charge in [0, 0.05) is 12.7 Å². The third-order valence-electron chi connectivity index (χ3n) is 3.76. The Morgan fingerprint density at radius 3 is 2.67 bits per heavy atom. The second-order valence-electron chi connectivity index (χ2n) is 6.00. The molecule has 0 aromatic carbocycles. The molecule has 0 bridgehead atoms. The smallest absolute Gasteiger partial charge is 0.0891 e. The van der Waals surface area contributed by atoms with Gasteiger partial charge in [-0.1, -0.05) is 13.0 Å². The molecule has 2 atom stereocenters. The summed E-state index contributed by atoms with van der Waals surface area (Å²) in [5.74, 6) is 0. The van der Waals surface area contributed by atoms with Gasteiger partial charge in [-0.05, 0) is 51.3 Å². The van der Waals surface area contributed by atoms with Crippen LogP contribution >= 0.6 is 0 Å². The molecule has 0 saturated carbocycles. The molecule has 1 aliphatic heterocycles. The zero-order chi connectivity index (χ0) is 15.1. The van der Waals surface area contributed by atoms with Crippen molar-refractivity contribution in [2.75, 3.05) is 6.54 Å². The van der Waals surface area contributed by atoms with Crippen LogP contribution in [0.1, 0.15) is 51.3 Å². The third-order valence-corrected chi connectivity index (χ3v) is 3.76. The normalized spacial score (nSPS) is 26.0. The van der Waals surface area contributed by atoms with Crippen molar-refractivity contribution in [2.24, 2.45) is 0 Å². The van der Waals surface area contributed by atoms with Crippen molar-refractivity contribution < 1.29 is 9.47 Å². The maximum atomic E-state index is 5.99. The lowest BCUT2D eigenvalue weighted by Crippen LogP contribution is -2.34. The number of nitrogens with one attached hydrogen (secondary N) is 1. The first-order valence-electron chi connectivity index (χ1n) is 8.09. The van der Waals surface area contributed by atoms with Crippen LogP contribution in [0.25, 0.3) is 0 Å². The lowest BCUT2D eigenvalue weighted by atomic mass is 10.0. The van der Waals surface area contributed by atoms with Crippen molar-refractivity contribution in [1.29, 1.82) is 0 Å². The highest BCUT2D eigenvalue weighted by atomic mass is 16.5. The van der Waals surface area contributed by atoms with Gasteiger partial charge in [0.1, 0.15) is 0 Å². The highest BCUT2D eigenvalue weighted by Gasteiger charge is 2.24. The van der Waals surface area contributed by atoms with E-state index in [1.54, 1.807) is 0 Å². The molecule has 21 heavy (non-hydrogen) atoms. The molecular formula is C17H28N2O2. The molecule has 2 unspecified atom stereocenters. The van der Waals surface area contributed by atoms with Gasteiger partial charge in [0.15, 0.2) is 0 Å². The quantitative estimate of drug-likeness (QED) is 0.784. The largest absolute Gasteiger partial charge is 0.375 e. The van der Waals surface area contributed by atoms with E-state index in [1.807, 2.05) is 6.20 Å². The molecule has 0 radical (unpaired) electrons. The number of aromatic nitrogens is 1. The van der Waals surface area contributed by atoms with Crippen LogP contribution in [0.3, 0.4) is 0 Å². The van der Waals surface area contributed by atoms with Crippen LogP contribution in [-0.2, 0) is 22.6 Å². The topological polar surface area (TPSA) is 43.4 Å². The van der Waals surface area contributed by atoms with Crippen LogP contribution < -0.4 is 5.32 Å². The Labute approximate surface area is 128 Å². The number of ether oxygens (including phenoxy) is 2. The number of nitrogens with zero attached hydrogens (tertiary/aromatic N) is 1. The molecule has 1 aromatic rings.